The lowest BCUT2D eigenvalue weighted by Crippen LogP contribution is -2.29. The average Bonchev–Trinajstić information content (AvgIpc) is 2.54. The van der Waals surface area contributed by atoms with Crippen LogP contribution in [0.25, 0.3) is 0 Å². The molecule has 1 aromatic carbocycles. The summed E-state index contributed by atoms with van der Waals surface area (Å²) in [5.74, 6) is -0.284. The van der Waals surface area contributed by atoms with E-state index in [1.807, 2.05) is 0 Å². The predicted octanol–water partition coefficient (Wildman–Crippen LogP) is 2.88. The lowest BCUT2D eigenvalue weighted by atomic mass is 10.0. The van der Waals surface area contributed by atoms with Crippen molar-refractivity contribution < 1.29 is 14.1 Å². The molecule has 2 rings (SSSR count). The summed E-state index contributed by atoms with van der Waals surface area (Å²) in [4.78, 5) is 23.5. The molecular formula is C14H17FN2O3. The maximum atomic E-state index is 13.5. The third-order valence-corrected chi connectivity index (χ3v) is 3.68. The van der Waals surface area contributed by atoms with Crippen molar-refractivity contribution >= 4 is 11.6 Å². The number of nitro groups is 1. The Morgan fingerprint density at radius 2 is 2.20 bits per heavy atom. The summed E-state index contributed by atoms with van der Waals surface area (Å²) >= 11 is 0. The monoisotopic (exact) mass is 280 g/mol. The maximum Gasteiger partial charge on any atom is 0.304 e. The largest absolute Gasteiger partial charge is 0.338 e. The van der Waals surface area contributed by atoms with Crippen molar-refractivity contribution in [2.24, 2.45) is 5.92 Å². The molecule has 5 nitrogen and oxygen atoms in total. The molecule has 0 N–H and O–H groups in total. The molecule has 20 heavy (non-hydrogen) atoms. The Hall–Kier alpha value is -1.98. The Balaban J connectivity index is 2.11. The highest BCUT2D eigenvalue weighted by atomic mass is 19.1. The fourth-order valence-electron chi connectivity index (χ4n) is 2.36. The Kier molecular flexibility index (Phi) is 4.32. The van der Waals surface area contributed by atoms with Gasteiger partial charge in [0.15, 0.2) is 0 Å². The molecule has 0 radical (unpaired) electrons. The van der Waals surface area contributed by atoms with Crippen LogP contribution in [-0.4, -0.2) is 22.3 Å². The quantitative estimate of drug-likeness (QED) is 0.631. The first kappa shape index (κ1) is 14.4. The molecule has 6 heteroatoms. The summed E-state index contributed by atoms with van der Waals surface area (Å²) in [6.07, 6.45) is 2.32. The smallest absolute Gasteiger partial charge is 0.304 e. The molecule has 1 saturated heterocycles. The van der Waals surface area contributed by atoms with Gasteiger partial charge in [-0.15, -0.1) is 0 Å². The predicted molar refractivity (Wildman–Crippen MR) is 71.5 cm³/mol. The van der Waals surface area contributed by atoms with Crippen LogP contribution in [0.3, 0.4) is 0 Å². The maximum absolute atomic E-state index is 13.5. The Bertz CT molecular complexity index is 533. The van der Waals surface area contributed by atoms with Crippen LogP contribution in [0.5, 0.6) is 0 Å². The zero-order chi connectivity index (χ0) is 14.7. The van der Waals surface area contributed by atoms with Gasteiger partial charge in [0, 0.05) is 25.6 Å². The van der Waals surface area contributed by atoms with Gasteiger partial charge in [0.2, 0.25) is 11.7 Å². The fraction of sp³-hybridized carbons (Fsp3) is 0.500. The molecule has 0 bridgehead atoms. The second-order valence-corrected chi connectivity index (χ2v) is 5.29. The summed E-state index contributed by atoms with van der Waals surface area (Å²) < 4.78 is 13.5. The molecule has 0 aromatic heterocycles. The van der Waals surface area contributed by atoms with Crippen LogP contribution in [0.1, 0.15) is 31.7 Å². The highest BCUT2D eigenvalue weighted by Gasteiger charge is 2.21. The first-order valence-corrected chi connectivity index (χ1v) is 6.68. The summed E-state index contributed by atoms with van der Waals surface area (Å²) in [5, 5.41) is 10.6. The molecule has 1 aliphatic rings. The van der Waals surface area contributed by atoms with E-state index in [9.17, 15) is 19.3 Å². The number of benzene rings is 1. The van der Waals surface area contributed by atoms with Gasteiger partial charge in [0.05, 0.1) is 4.92 Å². The summed E-state index contributed by atoms with van der Waals surface area (Å²) in [6.45, 7) is 3.07. The zero-order valence-electron chi connectivity index (χ0n) is 11.3. The number of rotatable bonds is 3. The van der Waals surface area contributed by atoms with Crippen LogP contribution >= 0.6 is 0 Å². The molecule has 1 aliphatic heterocycles. The summed E-state index contributed by atoms with van der Waals surface area (Å²) in [7, 11) is 0. The van der Waals surface area contributed by atoms with Gasteiger partial charge in [-0.3, -0.25) is 14.9 Å². The van der Waals surface area contributed by atoms with Gasteiger partial charge in [-0.1, -0.05) is 13.0 Å². The van der Waals surface area contributed by atoms with E-state index in [1.54, 1.807) is 4.90 Å². The van der Waals surface area contributed by atoms with E-state index in [0.717, 1.165) is 25.0 Å². The van der Waals surface area contributed by atoms with Crippen LogP contribution in [0, 0.1) is 21.8 Å². The molecule has 1 heterocycles. The SMILES string of the molecule is CC1CCC(=O)N(Cc2ccc([N+](=O)[O-])c(F)c2)CC1. The lowest BCUT2D eigenvalue weighted by molar-refractivity contribution is -0.387. The number of likely N-dealkylation sites (tertiary alicyclic amines) is 1. The summed E-state index contributed by atoms with van der Waals surface area (Å²) in [6, 6.07) is 3.79. The van der Waals surface area contributed by atoms with Crippen molar-refractivity contribution in [3.63, 3.8) is 0 Å². The summed E-state index contributed by atoms with van der Waals surface area (Å²) in [5.41, 5.74) is 0.0422. The molecule has 0 spiro atoms. The number of carbonyl (C=O) groups is 1. The van der Waals surface area contributed by atoms with E-state index in [4.69, 9.17) is 0 Å². The first-order valence-electron chi connectivity index (χ1n) is 6.68. The van der Waals surface area contributed by atoms with E-state index in [2.05, 4.69) is 6.92 Å². The van der Waals surface area contributed by atoms with Crippen molar-refractivity contribution in [3.05, 3.63) is 39.7 Å². The number of nitrogens with zero attached hydrogens (tertiary/aromatic N) is 2. The highest BCUT2D eigenvalue weighted by Crippen LogP contribution is 2.22. The van der Waals surface area contributed by atoms with Crippen molar-refractivity contribution in [1.29, 1.82) is 0 Å². The Labute approximate surface area is 116 Å². The van der Waals surface area contributed by atoms with E-state index < -0.39 is 16.4 Å². The first-order chi connectivity index (χ1) is 9.47. The third kappa shape index (κ3) is 3.31. The molecule has 1 fully saturated rings. The van der Waals surface area contributed by atoms with Crippen molar-refractivity contribution in [1.82, 2.24) is 4.90 Å². The van der Waals surface area contributed by atoms with Crippen LogP contribution < -0.4 is 0 Å². The van der Waals surface area contributed by atoms with Crippen LogP contribution in [-0.2, 0) is 11.3 Å². The molecule has 1 unspecified atom stereocenters. The third-order valence-electron chi connectivity index (χ3n) is 3.68. The number of carbonyl (C=O) groups excluding carboxylic acids is 1. The highest BCUT2D eigenvalue weighted by molar-refractivity contribution is 5.76. The van der Waals surface area contributed by atoms with Gasteiger partial charge < -0.3 is 4.90 Å². The van der Waals surface area contributed by atoms with Gasteiger partial charge in [0.1, 0.15) is 0 Å². The van der Waals surface area contributed by atoms with E-state index >= 15 is 0 Å². The molecule has 0 saturated carbocycles. The van der Waals surface area contributed by atoms with Gasteiger partial charge in [-0.25, -0.2) is 0 Å². The number of amides is 1. The number of nitro benzene ring substituents is 1. The second-order valence-electron chi connectivity index (χ2n) is 5.29. The molecule has 1 aromatic rings. The molecule has 0 aliphatic carbocycles. The topological polar surface area (TPSA) is 63.5 Å². The lowest BCUT2D eigenvalue weighted by Gasteiger charge is -2.20. The number of hydrogen-bond acceptors (Lipinski definition) is 3. The van der Waals surface area contributed by atoms with E-state index in [-0.39, 0.29) is 5.91 Å². The van der Waals surface area contributed by atoms with Crippen molar-refractivity contribution in [2.45, 2.75) is 32.7 Å². The Morgan fingerprint density at radius 1 is 1.45 bits per heavy atom. The van der Waals surface area contributed by atoms with Crippen LogP contribution in [0.15, 0.2) is 18.2 Å². The normalized spacial score (nSPS) is 19.8. The van der Waals surface area contributed by atoms with Crippen molar-refractivity contribution in [2.75, 3.05) is 6.54 Å². The molecule has 1 atom stereocenters. The van der Waals surface area contributed by atoms with E-state index in [0.29, 0.717) is 31.0 Å². The number of hydrogen-bond donors (Lipinski definition) is 0. The molecule has 1 amide bonds. The fourth-order valence-corrected chi connectivity index (χ4v) is 2.36. The standard InChI is InChI=1S/C14H17FN2O3/c1-10-2-5-14(18)16(7-6-10)9-11-3-4-13(17(19)20)12(15)8-11/h3-4,8,10H,2,5-7,9H2,1H3. The van der Waals surface area contributed by atoms with Gasteiger partial charge in [-0.2, -0.15) is 4.39 Å². The van der Waals surface area contributed by atoms with Gasteiger partial charge in [0.25, 0.3) is 0 Å². The molecule has 108 valence electrons. The van der Waals surface area contributed by atoms with Gasteiger partial charge in [-0.05, 0) is 30.4 Å². The number of halogens is 1. The van der Waals surface area contributed by atoms with Crippen LogP contribution in [0.2, 0.25) is 0 Å². The van der Waals surface area contributed by atoms with Gasteiger partial charge >= 0.3 is 5.69 Å². The minimum Gasteiger partial charge on any atom is -0.338 e. The Morgan fingerprint density at radius 3 is 2.85 bits per heavy atom. The minimum absolute atomic E-state index is 0.0631. The zero-order valence-corrected chi connectivity index (χ0v) is 11.3. The average molecular weight is 280 g/mol. The van der Waals surface area contributed by atoms with Crippen molar-refractivity contribution in [3.8, 4) is 0 Å². The van der Waals surface area contributed by atoms with Crippen LogP contribution in [0.4, 0.5) is 10.1 Å². The molecular weight excluding hydrogens is 263 g/mol. The van der Waals surface area contributed by atoms with E-state index in [1.165, 1.54) is 6.07 Å². The second kappa shape index (κ2) is 5.98. The minimum atomic E-state index is -0.858.